The van der Waals surface area contributed by atoms with Crippen molar-refractivity contribution in [3.63, 3.8) is 0 Å². The third-order valence-corrected chi connectivity index (χ3v) is 6.28. The molecule has 2 aromatic rings. The van der Waals surface area contributed by atoms with Gasteiger partial charge in [-0.2, -0.15) is 10.1 Å². The van der Waals surface area contributed by atoms with E-state index < -0.39 is 11.9 Å². The van der Waals surface area contributed by atoms with E-state index in [-0.39, 0.29) is 17.9 Å². The topological polar surface area (TPSA) is 108 Å². The molecular formula is C24H23N5O4. The van der Waals surface area contributed by atoms with E-state index >= 15 is 0 Å². The van der Waals surface area contributed by atoms with E-state index in [4.69, 9.17) is 4.74 Å². The SMILES string of the molecule is COc1cccc(-c2[nH]ncc2C(=O)N2CCC(N3C(=O)N=C4C=CC=CC4C3=O)CC2)c1. The maximum atomic E-state index is 13.3. The molecule has 4 amide bonds. The lowest BCUT2D eigenvalue weighted by atomic mass is 9.93. The molecule has 0 saturated carbocycles. The Morgan fingerprint density at radius 2 is 2.00 bits per heavy atom. The van der Waals surface area contributed by atoms with Crippen LogP contribution in [0.5, 0.6) is 5.75 Å². The van der Waals surface area contributed by atoms with Crippen molar-refractivity contribution in [3.05, 3.63) is 60.3 Å². The number of piperidine rings is 1. The molecule has 0 spiro atoms. The largest absolute Gasteiger partial charge is 0.497 e. The Kier molecular flexibility index (Phi) is 5.37. The number of likely N-dealkylation sites (tertiary alicyclic amines) is 1. The molecule has 2 aliphatic heterocycles. The summed E-state index contributed by atoms with van der Waals surface area (Å²) in [4.78, 5) is 45.9. The van der Waals surface area contributed by atoms with Gasteiger partial charge in [0.15, 0.2) is 0 Å². The van der Waals surface area contributed by atoms with E-state index in [1.54, 1.807) is 36.3 Å². The van der Waals surface area contributed by atoms with Crippen LogP contribution in [0.3, 0.4) is 0 Å². The third-order valence-electron chi connectivity index (χ3n) is 6.28. The van der Waals surface area contributed by atoms with Crippen molar-refractivity contribution in [2.45, 2.75) is 18.9 Å². The van der Waals surface area contributed by atoms with Gasteiger partial charge in [-0.05, 0) is 31.1 Å². The average Bonchev–Trinajstić information content (AvgIpc) is 3.34. The summed E-state index contributed by atoms with van der Waals surface area (Å²) < 4.78 is 5.28. The normalized spacial score (nSPS) is 20.6. The van der Waals surface area contributed by atoms with Crippen molar-refractivity contribution >= 4 is 23.6 Å². The molecule has 9 heteroatoms. The minimum atomic E-state index is -0.522. The maximum absolute atomic E-state index is 13.3. The van der Waals surface area contributed by atoms with E-state index in [1.807, 2.05) is 24.3 Å². The Hall–Kier alpha value is -4.01. The number of carbonyl (C=O) groups excluding carboxylic acids is 3. The predicted octanol–water partition coefficient (Wildman–Crippen LogP) is 2.84. The fourth-order valence-corrected chi connectivity index (χ4v) is 4.54. The van der Waals surface area contributed by atoms with Crippen molar-refractivity contribution in [2.24, 2.45) is 10.9 Å². The van der Waals surface area contributed by atoms with Gasteiger partial charge in [0.25, 0.3) is 5.91 Å². The van der Waals surface area contributed by atoms with Crippen LogP contribution >= 0.6 is 0 Å². The fourth-order valence-electron chi connectivity index (χ4n) is 4.54. The fraction of sp³-hybridized carbons (Fsp3) is 0.292. The zero-order valence-corrected chi connectivity index (χ0v) is 18.1. The first-order chi connectivity index (χ1) is 16.1. The average molecular weight is 445 g/mol. The first kappa shape index (κ1) is 20.9. The van der Waals surface area contributed by atoms with E-state index in [9.17, 15) is 14.4 Å². The lowest BCUT2D eigenvalue weighted by Crippen LogP contribution is -2.54. The number of H-pyrrole nitrogens is 1. The van der Waals surface area contributed by atoms with E-state index in [2.05, 4.69) is 15.2 Å². The maximum Gasteiger partial charge on any atom is 0.350 e. The lowest BCUT2D eigenvalue weighted by Gasteiger charge is -2.39. The zero-order valence-electron chi connectivity index (χ0n) is 18.1. The zero-order chi connectivity index (χ0) is 22.9. The monoisotopic (exact) mass is 445 g/mol. The summed E-state index contributed by atoms with van der Waals surface area (Å²) in [5, 5.41) is 6.99. The second-order valence-electron chi connectivity index (χ2n) is 8.16. The van der Waals surface area contributed by atoms with Crippen LogP contribution in [0.1, 0.15) is 23.2 Å². The van der Waals surface area contributed by atoms with E-state index in [0.717, 1.165) is 5.56 Å². The van der Waals surface area contributed by atoms with Crippen LogP contribution in [0.25, 0.3) is 11.3 Å². The second-order valence-corrected chi connectivity index (χ2v) is 8.16. The van der Waals surface area contributed by atoms with Gasteiger partial charge in [0.2, 0.25) is 5.91 Å². The van der Waals surface area contributed by atoms with Crippen LogP contribution in [0.4, 0.5) is 4.79 Å². The minimum absolute atomic E-state index is 0.142. The summed E-state index contributed by atoms with van der Waals surface area (Å²) in [5.74, 6) is -0.211. The van der Waals surface area contributed by atoms with Gasteiger partial charge in [-0.25, -0.2) is 4.79 Å². The number of imide groups is 1. The van der Waals surface area contributed by atoms with Crippen LogP contribution in [-0.4, -0.2) is 69.8 Å². The van der Waals surface area contributed by atoms with Gasteiger partial charge in [-0.15, -0.1) is 0 Å². The number of nitrogens with one attached hydrogen (secondary N) is 1. The number of ether oxygens (including phenoxy) is 1. The number of rotatable bonds is 4. The first-order valence-corrected chi connectivity index (χ1v) is 10.8. The molecule has 0 radical (unpaired) electrons. The van der Waals surface area contributed by atoms with Gasteiger partial charge in [-0.1, -0.05) is 30.4 Å². The summed E-state index contributed by atoms with van der Waals surface area (Å²) in [6.45, 7) is 0.862. The molecule has 3 heterocycles. The number of hydrogen-bond acceptors (Lipinski definition) is 5. The number of carbonyl (C=O) groups is 3. The lowest BCUT2D eigenvalue weighted by molar-refractivity contribution is -0.131. The number of aliphatic imine (C=N–C) groups is 1. The molecule has 1 saturated heterocycles. The Balaban J connectivity index is 1.29. The molecule has 33 heavy (non-hydrogen) atoms. The van der Waals surface area contributed by atoms with Crippen LogP contribution in [0.2, 0.25) is 0 Å². The summed E-state index contributed by atoms with van der Waals surface area (Å²) in [6.07, 6.45) is 9.56. The van der Waals surface area contributed by atoms with Crippen molar-refractivity contribution in [2.75, 3.05) is 20.2 Å². The van der Waals surface area contributed by atoms with Crippen molar-refractivity contribution in [1.29, 1.82) is 0 Å². The number of aromatic nitrogens is 2. The number of nitrogens with zero attached hydrogens (tertiary/aromatic N) is 4. The second kappa shape index (κ2) is 8.50. The Morgan fingerprint density at radius 3 is 2.79 bits per heavy atom. The molecule has 1 aliphatic carbocycles. The number of urea groups is 1. The number of amides is 4. The number of hydrogen-bond donors (Lipinski definition) is 1. The Labute approximate surface area is 190 Å². The minimum Gasteiger partial charge on any atom is -0.497 e. The highest BCUT2D eigenvalue weighted by Crippen LogP contribution is 2.29. The van der Waals surface area contributed by atoms with Crippen LogP contribution in [-0.2, 0) is 4.79 Å². The Morgan fingerprint density at radius 1 is 1.18 bits per heavy atom. The smallest absolute Gasteiger partial charge is 0.350 e. The molecule has 1 aromatic carbocycles. The number of fused-ring (bicyclic) bond motifs is 1. The summed E-state index contributed by atoms with van der Waals surface area (Å²) >= 11 is 0. The highest BCUT2D eigenvalue weighted by molar-refractivity contribution is 6.21. The molecule has 1 unspecified atom stereocenters. The van der Waals surface area contributed by atoms with Crippen LogP contribution < -0.4 is 4.74 Å². The number of methoxy groups -OCH3 is 1. The van der Waals surface area contributed by atoms with Gasteiger partial charge < -0.3 is 9.64 Å². The molecule has 1 atom stereocenters. The summed E-state index contributed by atoms with van der Waals surface area (Å²) in [5.41, 5.74) is 2.39. The van der Waals surface area contributed by atoms with E-state index in [0.29, 0.717) is 48.6 Å². The number of aromatic amines is 1. The molecule has 5 rings (SSSR count). The molecule has 1 fully saturated rings. The van der Waals surface area contributed by atoms with Crippen molar-refractivity contribution in [1.82, 2.24) is 20.0 Å². The predicted molar refractivity (Wildman–Crippen MR) is 121 cm³/mol. The standard InChI is InChI=1S/C24H23N5O4/c1-33-17-6-4-5-15(13-17)21-19(14-25-27-21)22(30)28-11-9-16(10-12-28)29-23(31)18-7-2-3-8-20(18)26-24(29)32/h2-8,13-14,16,18H,9-12H2,1H3,(H,25,27). The first-order valence-electron chi connectivity index (χ1n) is 10.8. The molecule has 1 N–H and O–H groups in total. The van der Waals surface area contributed by atoms with Crippen molar-refractivity contribution < 1.29 is 19.1 Å². The van der Waals surface area contributed by atoms with E-state index in [1.165, 1.54) is 11.1 Å². The van der Waals surface area contributed by atoms with Gasteiger partial charge in [0.1, 0.15) is 5.75 Å². The molecule has 9 nitrogen and oxygen atoms in total. The summed E-state index contributed by atoms with van der Waals surface area (Å²) in [7, 11) is 1.59. The highest BCUT2D eigenvalue weighted by atomic mass is 16.5. The Bertz CT molecular complexity index is 1200. The van der Waals surface area contributed by atoms with Crippen LogP contribution in [0, 0.1) is 5.92 Å². The quantitative estimate of drug-likeness (QED) is 0.779. The molecule has 3 aliphatic rings. The van der Waals surface area contributed by atoms with Gasteiger partial charge in [0, 0.05) is 24.7 Å². The molecule has 168 valence electrons. The molecular weight excluding hydrogens is 422 g/mol. The third kappa shape index (κ3) is 3.75. The van der Waals surface area contributed by atoms with Gasteiger partial charge in [0.05, 0.1) is 36.2 Å². The summed E-state index contributed by atoms with van der Waals surface area (Å²) in [6, 6.07) is 6.62. The highest BCUT2D eigenvalue weighted by Gasteiger charge is 2.41. The van der Waals surface area contributed by atoms with Gasteiger partial charge >= 0.3 is 6.03 Å². The number of benzene rings is 1. The van der Waals surface area contributed by atoms with Crippen LogP contribution in [0.15, 0.2) is 59.8 Å². The van der Waals surface area contributed by atoms with Crippen molar-refractivity contribution in [3.8, 4) is 17.0 Å². The molecule has 0 bridgehead atoms. The number of allylic oxidation sites excluding steroid dienone is 3. The van der Waals surface area contributed by atoms with Gasteiger partial charge in [-0.3, -0.25) is 19.6 Å². The molecule has 1 aromatic heterocycles.